The molecule has 0 spiro atoms. The summed E-state index contributed by atoms with van der Waals surface area (Å²) in [5, 5.41) is 14.0. The van der Waals surface area contributed by atoms with E-state index in [2.05, 4.69) is 52.7 Å². The van der Waals surface area contributed by atoms with E-state index in [0.717, 1.165) is 37.4 Å². The number of unbranched alkanes of at least 4 members (excludes halogenated alkanes) is 1. The van der Waals surface area contributed by atoms with Crippen molar-refractivity contribution in [1.82, 2.24) is 4.90 Å². The first-order valence-corrected chi connectivity index (χ1v) is 13.2. The third-order valence-corrected chi connectivity index (χ3v) is 9.89. The molecule has 1 atom stereocenters. The standard InChI is InChI=1S/C27H36N2OS/c1-28(18-25(30)27-15-19-12-20(16-27)14-21(13-19)17-27)10-2-3-11-29-23-8-4-6-22-7-5-9-24(31-29)26(22)23/h4-9,19-21,25,30H,2-3,10-18H2,1H3. The van der Waals surface area contributed by atoms with Crippen LogP contribution in [0.1, 0.15) is 51.4 Å². The summed E-state index contributed by atoms with van der Waals surface area (Å²) >= 11 is 1.90. The molecule has 0 aromatic heterocycles. The molecular weight excluding hydrogens is 400 g/mol. The van der Waals surface area contributed by atoms with E-state index in [9.17, 15) is 5.11 Å². The second-order valence-electron chi connectivity index (χ2n) is 11.1. The molecular formula is C27H36N2OS. The highest BCUT2D eigenvalue weighted by Gasteiger charge is 2.53. The highest BCUT2D eigenvalue weighted by atomic mass is 32.2. The second kappa shape index (κ2) is 7.97. The Bertz CT molecular complexity index is 919. The minimum absolute atomic E-state index is 0.132. The van der Waals surface area contributed by atoms with E-state index in [4.69, 9.17) is 0 Å². The summed E-state index contributed by atoms with van der Waals surface area (Å²) in [6.45, 7) is 3.03. The van der Waals surface area contributed by atoms with Gasteiger partial charge in [0.05, 0.1) is 11.8 Å². The van der Waals surface area contributed by atoms with Crippen LogP contribution in [0.4, 0.5) is 5.69 Å². The molecule has 4 aliphatic carbocycles. The number of rotatable bonds is 8. The van der Waals surface area contributed by atoms with Crippen molar-refractivity contribution in [2.45, 2.75) is 62.4 Å². The lowest BCUT2D eigenvalue weighted by atomic mass is 9.48. The Morgan fingerprint density at radius 1 is 1.03 bits per heavy atom. The number of aliphatic hydroxyl groups is 1. The lowest BCUT2D eigenvalue weighted by molar-refractivity contribution is -0.125. The van der Waals surface area contributed by atoms with Crippen LogP contribution in [-0.2, 0) is 0 Å². The molecule has 7 rings (SSSR count). The molecule has 0 saturated heterocycles. The molecule has 31 heavy (non-hydrogen) atoms. The Kier molecular flexibility index (Phi) is 5.24. The van der Waals surface area contributed by atoms with Crippen LogP contribution in [0.3, 0.4) is 0 Å². The first kappa shape index (κ1) is 20.4. The van der Waals surface area contributed by atoms with Gasteiger partial charge in [0.15, 0.2) is 0 Å². The maximum atomic E-state index is 11.2. The van der Waals surface area contributed by atoms with Crippen molar-refractivity contribution in [3.63, 3.8) is 0 Å². The number of aliphatic hydroxyl groups excluding tert-OH is 1. The van der Waals surface area contributed by atoms with Crippen LogP contribution in [0.5, 0.6) is 0 Å². The number of hydrogen-bond acceptors (Lipinski definition) is 4. The fourth-order valence-electron chi connectivity index (χ4n) is 7.71. The predicted octanol–water partition coefficient (Wildman–Crippen LogP) is 5.96. The molecule has 0 amide bonds. The van der Waals surface area contributed by atoms with E-state index in [0.29, 0.717) is 0 Å². The maximum Gasteiger partial charge on any atom is 0.0723 e. The Balaban J connectivity index is 0.993. The molecule has 0 radical (unpaired) electrons. The lowest BCUT2D eigenvalue weighted by Crippen LogP contribution is -2.54. The van der Waals surface area contributed by atoms with Crippen molar-refractivity contribution < 1.29 is 5.11 Å². The first-order valence-electron chi connectivity index (χ1n) is 12.4. The van der Waals surface area contributed by atoms with Crippen LogP contribution < -0.4 is 4.31 Å². The number of nitrogens with zero attached hydrogens (tertiary/aromatic N) is 2. The van der Waals surface area contributed by atoms with Crippen LogP contribution in [0.25, 0.3) is 10.8 Å². The van der Waals surface area contributed by atoms with Crippen LogP contribution in [0, 0.1) is 23.2 Å². The SMILES string of the molecule is CN(CCCCN1Sc2cccc3cccc1c23)CC(O)C12CC3CC(CC(C3)C1)C2. The highest BCUT2D eigenvalue weighted by molar-refractivity contribution is 8.01. The molecule has 166 valence electrons. The van der Waals surface area contributed by atoms with E-state index < -0.39 is 0 Å². The second-order valence-corrected chi connectivity index (χ2v) is 12.2. The summed E-state index contributed by atoms with van der Waals surface area (Å²) in [5.41, 5.74) is 1.63. The van der Waals surface area contributed by atoms with E-state index in [-0.39, 0.29) is 11.5 Å². The molecule has 1 unspecified atom stereocenters. The van der Waals surface area contributed by atoms with Crippen molar-refractivity contribution in [2.75, 3.05) is 31.0 Å². The van der Waals surface area contributed by atoms with Crippen molar-refractivity contribution in [2.24, 2.45) is 23.2 Å². The Hall–Kier alpha value is -1.23. The molecule has 4 heteroatoms. The van der Waals surface area contributed by atoms with Gasteiger partial charge >= 0.3 is 0 Å². The van der Waals surface area contributed by atoms with Gasteiger partial charge in [-0.05, 0) is 118 Å². The molecule has 3 nitrogen and oxygen atoms in total. The van der Waals surface area contributed by atoms with Crippen molar-refractivity contribution in [3.8, 4) is 0 Å². The zero-order valence-corrected chi connectivity index (χ0v) is 19.6. The minimum Gasteiger partial charge on any atom is -0.391 e. The smallest absolute Gasteiger partial charge is 0.0723 e. The Labute approximate surface area is 191 Å². The first-order chi connectivity index (χ1) is 15.1. The number of likely N-dealkylation sites (N-methyl/N-ethyl adjacent to an activating group) is 1. The minimum atomic E-state index is -0.132. The van der Waals surface area contributed by atoms with Gasteiger partial charge in [-0.3, -0.25) is 0 Å². The zero-order chi connectivity index (χ0) is 21.0. The molecule has 5 aliphatic rings. The third kappa shape index (κ3) is 3.69. The monoisotopic (exact) mass is 436 g/mol. The van der Waals surface area contributed by atoms with Crippen LogP contribution in [0.15, 0.2) is 41.3 Å². The molecule has 4 fully saturated rings. The van der Waals surface area contributed by atoms with Crippen molar-refractivity contribution in [1.29, 1.82) is 0 Å². The molecule has 2 aromatic rings. The Morgan fingerprint density at radius 3 is 2.42 bits per heavy atom. The van der Waals surface area contributed by atoms with Gasteiger partial charge in [0, 0.05) is 23.4 Å². The molecule has 1 heterocycles. The summed E-state index contributed by atoms with van der Waals surface area (Å²) in [4.78, 5) is 3.79. The van der Waals surface area contributed by atoms with Gasteiger partial charge in [0.1, 0.15) is 0 Å². The van der Waals surface area contributed by atoms with E-state index in [1.165, 1.54) is 72.7 Å². The van der Waals surface area contributed by atoms with Gasteiger partial charge in [0.2, 0.25) is 0 Å². The van der Waals surface area contributed by atoms with Gasteiger partial charge in [-0.2, -0.15) is 0 Å². The van der Waals surface area contributed by atoms with Gasteiger partial charge in [0.25, 0.3) is 0 Å². The van der Waals surface area contributed by atoms with E-state index in [1.807, 2.05) is 11.9 Å². The van der Waals surface area contributed by atoms with Crippen LogP contribution in [-0.4, -0.2) is 42.8 Å². The fourth-order valence-corrected chi connectivity index (χ4v) is 8.87. The number of hydrogen-bond donors (Lipinski definition) is 1. The topological polar surface area (TPSA) is 26.7 Å². The fraction of sp³-hybridized carbons (Fsp3) is 0.630. The largest absolute Gasteiger partial charge is 0.391 e. The lowest BCUT2D eigenvalue weighted by Gasteiger charge is -2.58. The molecule has 2 aromatic carbocycles. The summed E-state index contributed by atoms with van der Waals surface area (Å²) in [5.74, 6) is 2.74. The summed E-state index contributed by atoms with van der Waals surface area (Å²) in [6, 6.07) is 13.3. The molecule has 1 N–H and O–H groups in total. The average molecular weight is 437 g/mol. The normalized spacial score (nSPS) is 31.8. The Morgan fingerprint density at radius 2 is 1.71 bits per heavy atom. The maximum absolute atomic E-state index is 11.2. The van der Waals surface area contributed by atoms with Crippen LogP contribution >= 0.6 is 11.9 Å². The van der Waals surface area contributed by atoms with Crippen molar-refractivity contribution >= 4 is 28.4 Å². The van der Waals surface area contributed by atoms with Crippen LogP contribution in [0.2, 0.25) is 0 Å². The third-order valence-electron chi connectivity index (χ3n) is 8.75. The number of anilines is 1. The number of benzene rings is 2. The summed E-state index contributed by atoms with van der Waals surface area (Å²) < 4.78 is 2.47. The molecule has 4 bridgehead atoms. The molecule has 1 aliphatic heterocycles. The average Bonchev–Trinajstić information content (AvgIpc) is 3.10. The highest BCUT2D eigenvalue weighted by Crippen LogP contribution is 2.61. The van der Waals surface area contributed by atoms with E-state index in [1.54, 1.807) is 0 Å². The van der Waals surface area contributed by atoms with Gasteiger partial charge in [-0.1, -0.05) is 24.3 Å². The van der Waals surface area contributed by atoms with Crippen molar-refractivity contribution in [3.05, 3.63) is 36.4 Å². The molecule has 4 saturated carbocycles. The van der Waals surface area contributed by atoms with Gasteiger partial charge in [-0.15, -0.1) is 0 Å². The summed E-state index contributed by atoms with van der Waals surface area (Å²) in [7, 11) is 2.21. The zero-order valence-electron chi connectivity index (χ0n) is 18.8. The summed E-state index contributed by atoms with van der Waals surface area (Å²) in [6.07, 6.45) is 10.5. The quantitative estimate of drug-likeness (QED) is 0.408. The van der Waals surface area contributed by atoms with Gasteiger partial charge in [-0.25, -0.2) is 0 Å². The predicted molar refractivity (Wildman–Crippen MR) is 130 cm³/mol. The van der Waals surface area contributed by atoms with Gasteiger partial charge < -0.3 is 14.3 Å². The van der Waals surface area contributed by atoms with E-state index >= 15 is 0 Å².